The van der Waals surface area contributed by atoms with Crippen molar-refractivity contribution in [3.05, 3.63) is 69.1 Å². The van der Waals surface area contributed by atoms with Crippen molar-refractivity contribution in [3.63, 3.8) is 0 Å². The van der Waals surface area contributed by atoms with E-state index in [-0.39, 0.29) is 5.56 Å². The van der Waals surface area contributed by atoms with E-state index < -0.39 is 5.54 Å². The number of benzene rings is 1. The Bertz CT molecular complexity index is 1040. The third-order valence-electron chi connectivity index (χ3n) is 5.10. The van der Waals surface area contributed by atoms with Crippen LogP contribution in [-0.2, 0) is 17.3 Å². The van der Waals surface area contributed by atoms with Gasteiger partial charge in [-0.2, -0.15) is 0 Å². The zero-order chi connectivity index (χ0) is 18.3. The quantitative estimate of drug-likeness (QED) is 0.766. The van der Waals surface area contributed by atoms with Gasteiger partial charge in [0.15, 0.2) is 0 Å². The van der Waals surface area contributed by atoms with Crippen LogP contribution in [0.15, 0.2) is 47.4 Å². The normalized spacial score (nSPS) is 19.8. The van der Waals surface area contributed by atoms with Crippen LogP contribution in [0.5, 0.6) is 0 Å². The van der Waals surface area contributed by atoms with Gasteiger partial charge in [-0.3, -0.25) is 4.79 Å². The van der Waals surface area contributed by atoms with Crippen molar-refractivity contribution in [2.45, 2.75) is 18.9 Å². The molecule has 26 heavy (non-hydrogen) atoms. The number of anilines is 1. The molecule has 6 heteroatoms. The fourth-order valence-corrected chi connectivity index (χ4v) is 3.76. The maximum atomic E-state index is 12.4. The van der Waals surface area contributed by atoms with Crippen LogP contribution < -0.4 is 10.9 Å². The van der Waals surface area contributed by atoms with Crippen molar-refractivity contribution in [2.75, 3.05) is 18.5 Å². The summed E-state index contributed by atoms with van der Waals surface area (Å²) in [7, 11) is 1.73. The smallest absolute Gasteiger partial charge is 0.276 e. The molecule has 3 aromatic rings. The first-order valence-corrected chi connectivity index (χ1v) is 8.96. The molecule has 4 rings (SSSR count). The number of aryl methyl sites for hydroxylation is 1. The molecule has 134 valence electrons. The van der Waals surface area contributed by atoms with Gasteiger partial charge in [-0.15, -0.1) is 0 Å². The molecule has 1 unspecified atom stereocenters. The Kier molecular flexibility index (Phi) is 4.21. The van der Waals surface area contributed by atoms with E-state index in [4.69, 9.17) is 16.3 Å². The van der Waals surface area contributed by atoms with E-state index in [1.807, 2.05) is 37.3 Å². The second-order valence-corrected chi connectivity index (χ2v) is 7.20. The summed E-state index contributed by atoms with van der Waals surface area (Å²) in [6.45, 7) is 3.21. The molecule has 1 saturated heterocycles. The van der Waals surface area contributed by atoms with E-state index in [1.165, 1.54) is 4.57 Å². The second-order valence-electron chi connectivity index (χ2n) is 6.79. The molecule has 1 aliphatic heterocycles. The Morgan fingerprint density at radius 1 is 1.27 bits per heavy atom. The van der Waals surface area contributed by atoms with Crippen LogP contribution in [0.4, 0.5) is 5.82 Å². The van der Waals surface area contributed by atoms with E-state index in [0.29, 0.717) is 24.5 Å². The van der Waals surface area contributed by atoms with Crippen molar-refractivity contribution >= 4 is 28.3 Å². The van der Waals surface area contributed by atoms with Crippen LogP contribution in [-0.4, -0.2) is 22.8 Å². The van der Waals surface area contributed by atoms with Crippen LogP contribution in [0.2, 0.25) is 5.02 Å². The Labute approximate surface area is 156 Å². The van der Waals surface area contributed by atoms with E-state index in [0.717, 1.165) is 28.0 Å². The summed E-state index contributed by atoms with van der Waals surface area (Å²) >= 11 is 6.35. The topological polar surface area (TPSA) is 56.2 Å². The minimum Gasteiger partial charge on any atom is -0.379 e. The lowest BCUT2D eigenvalue weighted by Gasteiger charge is -2.32. The number of halogens is 1. The fraction of sp³-hybridized carbons (Fsp3) is 0.300. The fourth-order valence-electron chi connectivity index (χ4n) is 3.59. The molecule has 1 atom stereocenters. The minimum absolute atomic E-state index is 0.109. The Hall–Kier alpha value is -2.37. The first kappa shape index (κ1) is 17.1. The molecule has 1 N–H and O–H groups in total. The van der Waals surface area contributed by atoms with Crippen LogP contribution in [0.1, 0.15) is 17.5 Å². The molecule has 1 aliphatic rings. The highest BCUT2D eigenvalue weighted by Crippen LogP contribution is 2.37. The molecule has 3 heterocycles. The number of ether oxygens (including phenoxy) is 1. The van der Waals surface area contributed by atoms with Crippen molar-refractivity contribution in [2.24, 2.45) is 7.05 Å². The summed E-state index contributed by atoms with van der Waals surface area (Å²) < 4.78 is 7.25. The molecular formula is C20H20ClN3O2. The van der Waals surface area contributed by atoms with Crippen molar-refractivity contribution < 1.29 is 4.74 Å². The Balaban J connectivity index is 1.80. The lowest BCUT2D eigenvalue weighted by molar-refractivity contribution is 0.182. The predicted octanol–water partition coefficient (Wildman–Crippen LogP) is 3.62. The molecule has 0 spiro atoms. The summed E-state index contributed by atoms with van der Waals surface area (Å²) in [5.41, 5.74) is 2.07. The van der Waals surface area contributed by atoms with Crippen molar-refractivity contribution in [3.8, 4) is 0 Å². The SMILES string of the molecule is Cc1c(Cl)cccc1C1(Nc2ccc3ccn(C)c(=O)c3n2)CCOC1. The lowest BCUT2D eigenvalue weighted by atomic mass is 9.86. The highest BCUT2D eigenvalue weighted by molar-refractivity contribution is 6.31. The Morgan fingerprint density at radius 2 is 2.12 bits per heavy atom. The lowest BCUT2D eigenvalue weighted by Crippen LogP contribution is -2.37. The number of hydrogen-bond donors (Lipinski definition) is 1. The summed E-state index contributed by atoms with van der Waals surface area (Å²) in [5, 5.41) is 5.10. The van der Waals surface area contributed by atoms with Gasteiger partial charge in [-0.05, 0) is 42.3 Å². The predicted molar refractivity (Wildman–Crippen MR) is 104 cm³/mol. The van der Waals surface area contributed by atoms with Gasteiger partial charge in [0.1, 0.15) is 11.3 Å². The van der Waals surface area contributed by atoms with Gasteiger partial charge in [0.05, 0.1) is 12.1 Å². The molecule has 2 aromatic heterocycles. The molecule has 5 nitrogen and oxygen atoms in total. The highest BCUT2D eigenvalue weighted by atomic mass is 35.5. The molecule has 0 radical (unpaired) electrons. The molecule has 0 amide bonds. The molecule has 1 fully saturated rings. The van der Waals surface area contributed by atoms with Gasteiger partial charge in [-0.25, -0.2) is 4.98 Å². The van der Waals surface area contributed by atoms with Crippen molar-refractivity contribution in [1.29, 1.82) is 0 Å². The highest BCUT2D eigenvalue weighted by Gasteiger charge is 2.38. The summed E-state index contributed by atoms with van der Waals surface area (Å²) in [6.07, 6.45) is 2.56. The van der Waals surface area contributed by atoms with E-state index in [9.17, 15) is 4.79 Å². The third-order valence-corrected chi connectivity index (χ3v) is 5.51. The zero-order valence-corrected chi connectivity index (χ0v) is 15.5. The maximum absolute atomic E-state index is 12.4. The maximum Gasteiger partial charge on any atom is 0.276 e. The number of rotatable bonds is 3. The number of hydrogen-bond acceptors (Lipinski definition) is 4. The first-order chi connectivity index (χ1) is 12.5. The number of pyridine rings is 2. The molecule has 1 aromatic carbocycles. The zero-order valence-electron chi connectivity index (χ0n) is 14.8. The molecule has 0 saturated carbocycles. The first-order valence-electron chi connectivity index (χ1n) is 8.58. The number of nitrogens with one attached hydrogen (secondary N) is 1. The monoisotopic (exact) mass is 369 g/mol. The average molecular weight is 370 g/mol. The van der Waals surface area contributed by atoms with Gasteiger partial charge < -0.3 is 14.6 Å². The van der Waals surface area contributed by atoms with E-state index >= 15 is 0 Å². The largest absolute Gasteiger partial charge is 0.379 e. The number of nitrogens with zero attached hydrogens (tertiary/aromatic N) is 2. The second kappa shape index (κ2) is 6.41. The van der Waals surface area contributed by atoms with Gasteiger partial charge in [0, 0.05) is 36.7 Å². The van der Waals surface area contributed by atoms with Gasteiger partial charge in [0.2, 0.25) is 0 Å². The van der Waals surface area contributed by atoms with Crippen LogP contribution in [0, 0.1) is 6.92 Å². The van der Waals surface area contributed by atoms with Crippen LogP contribution in [0.3, 0.4) is 0 Å². The van der Waals surface area contributed by atoms with Crippen molar-refractivity contribution in [1.82, 2.24) is 9.55 Å². The Morgan fingerprint density at radius 3 is 2.88 bits per heavy atom. The standard InChI is InChI=1S/C20H20ClN3O2/c1-13-15(4-3-5-16(13)21)20(9-11-26-12-20)23-17-7-6-14-8-10-24(2)19(25)18(14)22-17/h3-8,10H,9,11-12H2,1-2H3,(H,22,23). The van der Waals surface area contributed by atoms with E-state index in [2.05, 4.69) is 16.4 Å². The summed E-state index contributed by atoms with van der Waals surface area (Å²) in [5.74, 6) is 0.658. The molecular weight excluding hydrogens is 350 g/mol. The number of aromatic nitrogens is 2. The summed E-state index contributed by atoms with van der Waals surface area (Å²) in [6, 6.07) is 11.6. The van der Waals surface area contributed by atoms with Gasteiger partial charge in [-0.1, -0.05) is 23.7 Å². The average Bonchev–Trinajstić information content (AvgIpc) is 3.10. The third kappa shape index (κ3) is 2.77. The van der Waals surface area contributed by atoms with Gasteiger partial charge in [0.25, 0.3) is 5.56 Å². The van der Waals surface area contributed by atoms with E-state index in [1.54, 1.807) is 13.2 Å². The van der Waals surface area contributed by atoms with Gasteiger partial charge >= 0.3 is 0 Å². The number of fused-ring (bicyclic) bond motifs is 1. The molecule has 0 bridgehead atoms. The van der Waals surface area contributed by atoms with Crippen LogP contribution >= 0.6 is 11.6 Å². The van der Waals surface area contributed by atoms with Crippen LogP contribution in [0.25, 0.3) is 10.9 Å². The summed E-state index contributed by atoms with van der Waals surface area (Å²) in [4.78, 5) is 17.0. The molecule has 0 aliphatic carbocycles. The minimum atomic E-state index is -0.407.